The van der Waals surface area contributed by atoms with E-state index in [1.165, 1.54) is 12.4 Å². The molecule has 1 fully saturated rings. The number of piperidine rings is 1. The van der Waals surface area contributed by atoms with Crippen LogP contribution in [-0.4, -0.2) is 114 Å². The first-order chi connectivity index (χ1) is 26.5. The Morgan fingerprint density at radius 1 is 0.909 bits per heavy atom. The van der Waals surface area contributed by atoms with E-state index < -0.39 is 4.92 Å². The summed E-state index contributed by atoms with van der Waals surface area (Å²) in [6.45, 7) is 11.0. The van der Waals surface area contributed by atoms with Crippen molar-refractivity contribution in [2.45, 2.75) is 46.1 Å². The molecule has 5 rings (SSSR count). The number of ether oxygens (including phenoxy) is 4. The molecule has 2 aromatic carbocycles. The molecule has 0 aliphatic carbocycles. The zero-order valence-electron chi connectivity index (χ0n) is 31.7. The van der Waals surface area contributed by atoms with E-state index in [9.17, 15) is 19.7 Å². The Kier molecular flexibility index (Phi) is 14.8. The third-order valence-corrected chi connectivity index (χ3v) is 8.76. The summed E-state index contributed by atoms with van der Waals surface area (Å²) in [4.78, 5) is 46.8. The third-order valence-electron chi connectivity index (χ3n) is 8.76. The molecular weight excluding hydrogens is 710 g/mol. The fourth-order valence-electron chi connectivity index (χ4n) is 6.15. The Bertz CT molecular complexity index is 1880. The van der Waals surface area contributed by atoms with Crippen molar-refractivity contribution in [3.63, 3.8) is 0 Å². The number of nitrogens with one attached hydrogen (secondary N) is 2. The Morgan fingerprint density at radius 3 is 2.18 bits per heavy atom. The van der Waals surface area contributed by atoms with Crippen LogP contribution in [0, 0.1) is 15.5 Å². The van der Waals surface area contributed by atoms with Gasteiger partial charge in [0.2, 0.25) is 17.6 Å². The number of para-hydroxylation sites is 1. The summed E-state index contributed by atoms with van der Waals surface area (Å²) in [6.07, 6.45) is 3.27. The second-order valence-corrected chi connectivity index (χ2v) is 14.4. The average Bonchev–Trinajstić information content (AvgIpc) is 3.54. The van der Waals surface area contributed by atoms with Crippen molar-refractivity contribution in [2.75, 3.05) is 78.1 Å². The van der Waals surface area contributed by atoms with Crippen molar-refractivity contribution < 1.29 is 33.5 Å². The van der Waals surface area contributed by atoms with Gasteiger partial charge in [-0.3, -0.25) is 24.6 Å². The average molecular weight is 762 g/mol. The maximum Gasteiger partial charge on any atom is 0.312 e. The number of nitro groups is 1. The second kappa shape index (κ2) is 19.9. The number of carbonyl (C=O) groups is 2. The van der Waals surface area contributed by atoms with Gasteiger partial charge in [0.15, 0.2) is 5.65 Å². The zero-order valence-corrected chi connectivity index (χ0v) is 31.7. The highest BCUT2D eigenvalue weighted by Gasteiger charge is 2.28. The van der Waals surface area contributed by atoms with Crippen LogP contribution in [0.25, 0.3) is 22.3 Å². The fourth-order valence-corrected chi connectivity index (χ4v) is 6.15. The van der Waals surface area contributed by atoms with Crippen molar-refractivity contribution in [1.29, 1.82) is 0 Å². The van der Waals surface area contributed by atoms with Gasteiger partial charge in [-0.2, -0.15) is 5.10 Å². The monoisotopic (exact) mass is 761 g/mol. The smallest absolute Gasteiger partial charge is 0.312 e. The second-order valence-electron chi connectivity index (χ2n) is 14.4. The molecule has 1 aliphatic rings. The van der Waals surface area contributed by atoms with Crippen molar-refractivity contribution >= 4 is 34.4 Å². The largest absolute Gasteiger partial charge is 0.450 e. The van der Waals surface area contributed by atoms with Crippen molar-refractivity contribution in [2.24, 2.45) is 5.41 Å². The summed E-state index contributed by atoms with van der Waals surface area (Å²) >= 11 is 0. The standard InChI is InChI=1S/C38H51N9O8/c1-38(2,3)24-32(48)40-13-17-52-19-21-54-22-20-53-18-14-41-33(49)25-45-15-11-28(12-16-45)46-37-34(36(39)42-26-43-37)35(44-46)27-9-10-31(30(23-27)47(50)51)55-29-7-5-4-6-8-29/h4-10,23,26,28H,11-22,24-25H2,1-3H3,(H,40,48)(H,41,49)(H2,39,42,43). The predicted molar refractivity (Wildman–Crippen MR) is 206 cm³/mol. The van der Waals surface area contributed by atoms with E-state index in [1.54, 1.807) is 36.4 Å². The van der Waals surface area contributed by atoms with E-state index >= 15 is 0 Å². The minimum atomic E-state index is -0.489. The molecule has 17 heteroatoms. The van der Waals surface area contributed by atoms with Crippen LogP contribution in [0.1, 0.15) is 46.1 Å². The maximum atomic E-state index is 12.6. The van der Waals surface area contributed by atoms with Crippen LogP contribution in [0.5, 0.6) is 11.5 Å². The van der Waals surface area contributed by atoms with Crippen LogP contribution < -0.4 is 21.1 Å². The lowest BCUT2D eigenvalue weighted by molar-refractivity contribution is -0.385. The molecule has 1 aliphatic heterocycles. The summed E-state index contributed by atoms with van der Waals surface area (Å²) in [7, 11) is 0. The number of nitrogen functional groups attached to an aromatic ring is 1. The first-order valence-corrected chi connectivity index (χ1v) is 18.5. The lowest BCUT2D eigenvalue weighted by atomic mass is 9.92. The Labute approximate surface area is 320 Å². The number of aromatic nitrogens is 4. The molecule has 17 nitrogen and oxygen atoms in total. The van der Waals surface area contributed by atoms with Crippen LogP contribution in [0.3, 0.4) is 0 Å². The van der Waals surface area contributed by atoms with E-state index in [1.807, 2.05) is 31.5 Å². The number of benzene rings is 2. The molecule has 0 spiro atoms. The van der Waals surface area contributed by atoms with E-state index in [4.69, 9.17) is 29.8 Å². The van der Waals surface area contributed by atoms with E-state index in [2.05, 4.69) is 25.5 Å². The molecule has 2 aromatic heterocycles. The number of likely N-dealkylation sites (tertiary alicyclic amines) is 1. The number of nitrogens with two attached hydrogens (primary N) is 1. The number of amides is 2. The predicted octanol–water partition coefficient (Wildman–Crippen LogP) is 4.13. The summed E-state index contributed by atoms with van der Waals surface area (Å²) < 4.78 is 24.2. The lowest BCUT2D eigenvalue weighted by Gasteiger charge is -2.31. The fraction of sp³-hybridized carbons (Fsp3) is 0.500. The minimum absolute atomic E-state index is 0.0212. The van der Waals surface area contributed by atoms with Crippen LogP contribution >= 0.6 is 0 Å². The number of fused-ring (bicyclic) bond motifs is 1. The molecular formula is C38H51N9O8. The first kappa shape index (κ1) is 40.9. The summed E-state index contributed by atoms with van der Waals surface area (Å²) in [6, 6.07) is 13.5. The molecule has 2 amide bonds. The van der Waals surface area contributed by atoms with Crippen LogP contribution in [0.4, 0.5) is 11.5 Å². The molecule has 55 heavy (non-hydrogen) atoms. The molecule has 4 N–H and O–H groups in total. The molecule has 1 saturated heterocycles. The molecule has 296 valence electrons. The van der Waals surface area contributed by atoms with Gasteiger partial charge in [-0.05, 0) is 42.5 Å². The third kappa shape index (κ3) is 12.4. The van der Waals surface area contributed by atoms with Crippen LogP contribution in [0.2, 0.25) is 0 Å². The Morgan fingerprint density at radius 2 is 1.55 bits per heavy atom. The van der Waals surface area contributed by atoms with Crippen molar-refractivity contribution in [3.05, 3.63) is 65.0 Å². The quantitative estimate of drug-likeness (QED) is 0.0658. The molecule has 0 unspecified atom stereocenters. The first-order valence-electron chi connectivity index (χ1n) is 18.5. The molecule has 0 saturated carbocycles. The Balaban J connectivity index is 1.02. The number of rotatable bonds is 20. The van der Waals surface area contributed by atoms with Gasteiger partial charge in [-0.25, -0.2) is 14.6 Å². The molecule has 3 heterocycles. The number of nitrogens with zero attached hydrogens (tertiary/aromatic N) is 6. The van der Waals surface area contributed by atoms with Gasteiger partial charge in [0, 0.05) is 44.2 Å². The van der Waals surface area contributed by atoms with Gasteiger partial charge >= 0.3 is 5.69 Å². The van der Waals surface area contributed by atoms with E-state index in [-0.39, 0.29) is 47.1 Å². The molecule has 0 bridgehead atoms. The highest BCUT2D eigenvalue weighted by Crippen LogP contribution is 2.39. The van der Waals surface area contributed by atoms with Crippen molar-refractivity contribution in [1.82, 2.24) is 35.3 Å². The highest BCUT2D eigenvalue weighted by atomic mass is 16.6. The van der Waals surface area contributed by atoms with Gasteiger partial charge in [0.25, 0.3) is 0 Å². The molecule has 4 aromatic rings. The molecule has 0 atom stereocenters. The van der Waals surface area contributed by atoms with Gasteiger partial charge < -0.3 is 35.3 Å². The SMILES string of the molecule is CC(C)(C)CC(=O)NCCOCCOCCOCCNC(=O)CN1CCC(n2nc(-c3ccc(Oc4ccccc4)c([N+](=O)[O-])c3)c3c(N)ncnc32)CC1. The number of hydrogen-bond acceptors (Lipinski definition) is 13. The normalized spacial score (nSPS) is 13.9. The van der Waals surface area contributed by atoms with Gasteiger partial charge in [-0.1, -0.05) is 39.0 Å². The number of anilines is 1. The lowest BCUT2D eigenvalue weighted by Crippen LogP contribution is -2.42. The van der Waals surface area contributed by atoms with Gasteiger partial charge in [0.1, 0.15) is 23.6 Å². The zero-order chi connectivity index (χ0) is 39.2. The summed E-state index contributed by atoms with van der Waals surface area (Å²) in [5.74, 6) is 0.742. The van der Waals surface area contributed by atoms with E-state index in [0.29, 0.717) is 113 Å². The molecule has 0 radical (unpaired) electrons. The topological polar surface area (TPSA) is 211 Å². The highest BCUT2D eigenvalue weighted by molar-refractivity contribution is 5.98. The van der Waals surface area contributed by atoms with Crippen molar-refractivity contribution in [3.8, 4) is 22.8 Å². The number of carbonyl (C=O) groups excluding carboxylic acids is 2. The van der Waals surface area contributed by atoms with Gasteiger partial charge in [-0.15, -0.1) is 0 Å². The van der Waals surface area contributed by atoms with Gasteiger partial charge in [0.05, 0.1) is 62.5 Å². The number of hydrogen-bond donors (Lipinski definition) is 3. The maximum absolute atomic E-state index is 12.6. The van der Waals surface area contributed by atoms with Crippen LogP contribution in [-0.2, 0) is 23.8 Å². The summed E-state index contributed by atoms with van der Waals surface area (Å²) in [5.41, 5.74) is 7.54. The Hall–Kier alpha value is -5.23. The van der Waals surface area contributed by atoms with Crippen LogP contribution in [0.15, 0.2) is 54.9 Å². The number of nitro benzene ring substituents is 1. The summed E-state index contributed by atoms with van der Waals surface area (Å²) in [5, 5.41) is 23.2. The van der Waals surface area contributed by atoms with E-state index in [0.717, 1.165) is 0 Å². The minimum Gasteiger partial charge on any atom is -0.450 e.